The average molecular weight is 477 g/mol. The Morgan fingerprint density at radius 2 is 1.68 bits per heavy atom. The second kappa shape index (κ2) is 8.78. The number of hydrogen-bond donors (Lipinski definition) is 1. The fourth-order valence-electron chi connectivity index (χ4n) is 3.28. The summed E-state index contributed by atoms with van der Waals surface area (Å²) in [6.07, 6.45) is -5.16. The third-order valence-corrected chi connectivity index (χ3v) is 6.85. The Bertz CT molecular complexity index is 1060. The van der Waals surface area contributed by atoms with Gasteiger partial charge in [-0.25, -0.2) is 8.42 Å². The number of carbonyl (C=O) groups is 1. The van der Waals surface area contributed by atoms with E-state index in [4.69, 9.17) is 16.3 Å². The molecular formula is C20H20ClF3N2O4S. The minimum atomic E-state index is -4.66. The van der Waals surface area contributed by atoms with Gasteiger partial charge in [-0.1, -0.05) is 11.6 Å². The molecule has 1 N–H and O–H groups in total. The number of benzene rings is 2. The number of halogens is 4. The molecule has 1 heterocycles. The van der Waals surface area contributed by atoms with E-state index >= 15 is 0 Å². The van der Waals surface area contributed by atoms with Gasteiger partial charge in [0.2, 0.25) is 10.0 Å². The lowest BCUT2D eigenvalue weighted by Gasteiger charge is -2.34. The molecular weight excluding hydrogens is 457 g/mol. The molecule has 1 aliphatic rings. The first-order chi connectivity index (χ1) is 14.4. The normalized spacial score (nSPS) is 20.5. The maximum atomic E-state index is 13.0. The first-order valence-corrected chi connectivity index (χ1v) is 11.1. The molecule has 1 aliphatic heterocycles. The van der Waals surface area contributed by atoms with Gasteiger partial charge < -0.3 is 10.1 Å². The lowest BCUT2D eigenvalue weighted by molar-refractivity contribution is -0.137. The highest BCUT2D eigenvalue weighted by atomic mass is 35.5. The maximum Gasteiger partial charge on any atom is 0.417 e. The molecule has 1 amide bonds. The summed E-state index contributed by atoms with van der Waals surface area (Å²) in [5, 5.41) is 1.88. The Hall–Kier alpha value is -2.14. The number of nitrogens with one attached hydrogen (secondary N) is 1. The molecule has 11 heteroatoms. The SMILES string of the molecule is CC1CN(S(=O)(=O)c2ccc(C(=O)Nc3ccc(Cl)c(C(F)(F)F)c3)cc2)CC(C)O1. The first kappa shape index (κ1) is 23.5. The molecule has 0 spiro atoms. The number of morpholine rings is 1. The second-order valence-corrected chi connectivity index (χ2v) is 9.60. The summed E-state index contributed by atoms with van der Waals surface area (Å²) in [4.78, 5) is 12.4. The quantitative estimate of drug-likeness (QED) is 0.709. The molecule has 0 saturated carbocycles. The van der Waals surface area contributed by atoms with Crippen molar-refractivity contribution >= 4 is 33.2 Å². The fourth-order valence-corrected chi connectivity index (χ4v) is 5.09. The zero-order chi connectivity index (χ0) is 23.0. The van der Waals surface area contributed by atoms with Crippen molar-refractivity contribution in [3.05, 3.63) is 58.6 Å². The van der Waals surface area contributed by atoms with Crippen LogP contribution in [0, 0.1) is 0 Å². The Morgan fingerprint density at radius 3 is 2.23 bits per heavy atom. The van der Waals surface area contributed by atoms with Crippen LogP contribution in [-0.2, 0) is 20.9 Å². The molecule has 1 saturated heterocycles. The lowest BCUT2D eigenvalue weighted by atomic mass is 10.1. The van der Waals surface area contributed by atoms with E-state index in [1.807, 2.05) is 0 Å². The first-order valence-electron chi connectivity index (χ1n) is 9.31. The molecule has 0 bridgehead atoms. The van der Waals surface area contributed by atoms with E-state index in [2.05, 4.69) is 5.32 Å². The topological polar surface area (TPSA) is 75.7 Å². The summed E-state index contributed by atoms with van der Waals surface area (Å²) in [5.41, 5.74) is -1.07. The van der Waals surface area contributed by atoms with Gasteiger partial charge in [0.15, 0.2) is 0 Å². The molecule has 0 radical (unpaired) electrons. The van der Waals surface area contributed by atoms with E-state index in [9.17, 15) is 26.4 Å². The summed E-state index contributed by atoms with van der Waals surface area (Å²) in [7, 11) is -3.77. The Kier molecular flexibility index (Phi) is 6.66. The minimum Gasteiger partial charge on any atom is -0.373 e. The fraction of sp³-hybridized carbons (Fsp3) is 0.350. The van der Waals surface area contributed by atoms with Crippen molar-refractivity contribution in [1.29, 1.82) is 0 Å². The van der Waals surface area contributed by atoms with Crippen LogP contribution in [0.25, 0.3) is 0 Å². The Labute approximate surface area is 183 Å². The lowest BCUT2D eigenvalue weighted by Crippen LogP contribution is -2.48. The molecule has 168 valence electrons. The van der Waals surface area contributed by atoms with Crippen LogP contribution in [0.5, 0.6) is 0 Å². The molecule has 3 rings (SSSR count). The molecule has 2 aromatic carbocycles. The van der Waals surface area contributed by atoms with Gasteiger partial charge in [-0.2, -0.15) is 17.5 Å². The summed E-state index contributed by atoms with van der Waals surface area (Å²) < 4.78 is 71.6. The van der Waals surface area contributed by atoms with Gasteiger partial charge in [0, 0.05) is 24.3 Å². The largest absolute Gasteiger partial charge is 0.417 e. The van der Waals surface area contributed by atoms with Crippen molar-refractivity contribution in [3.63, 3.8) is 0 Å². The van der Waals surface area contributed by atoms with E-state index in [0.717, 1.165) is 12.1 Å². The van der Waals surface area contributed by atoms with Crippen LogP contribution in [0.4, 0.5) is 18.9 Å². The van der Waals surface area contributed by atoms with Gasteiger partial charge in [0.05, 0.1) is 27.7 Å². The van der Waals surface area contributed by atoms with Gasteiger partial charge in [-0.3, -0.25) is 4.79 Å². The summed E-state index contributed by atoms with van der Waals surface area (Å²) >= 11 is 5.58. The molecule has 0 aromatic heterocycles. The van der Waals surface area contributed by atoms with E-state index < -0.39 is 32.7 Å². The van der Waals surface area contributed by atoms with E-state index in [0.29, 0.717) is 0 Å². The van der Waals surface area contributed by atoms with Crippen molar-refractivity contribution in [2.45, 2.75) is 37.1 Å². The molecule has 2 atom stereocenters. The van der Waals surface area contributed by atoms with Crippen molar-refractivity contribution in [1.82, 2.24) is 4.31 Å². The third kappa shape index (κ3) is 5.38. The molecule has 0 aliphatic carbocycles. The molecule has 2 aromatic rings. The zero-order valence-corrected chi connectivity index (χ0v) is 18.2. The molecule has 2 unspecified atom stereocenters. The smallest absolute Gasteiger partial charge is 0.373 e. The van der Waals surface area contributed by atoms with Crippen LogP contribution in [0.3, 0.4) is 0 Å². The maximum absolute atomic E-state index is 13.0. The number of ether oxygens (including phenoxy) is 1. The highest BCUT2D eigenvalue weighted by molar-refractivity contribution is 7.89. The number of amides is 1. The van der Waals surface area contributed by atoms with Gasteiger partial charge in [0.1, 0.15) is 0 Å². The van der Waals surface area contributed by atoms with Gasteiger partial charge in [-0.05, 0) is 56.3 Å². The van der Waals surface area contributed by atoms with Crippen molar-refractivity contribution in [3.8, 4) is 0 Å². The highest BCUT2D eigenvalue weighted by Crippen LogP contribution is 2.36. The Balaban J connectivity index is 1.76. The van der Waals surface area contributed by atoms with Crippen LogP contribution in [0.1, 0.15) is 29.8 Å². The van der Waals surface area contributed by atoms with Crippen LogP contribution in [0.2, 0.25) is 5.02 Å². The van der Waals surface area contributed by atoms with Gasteiger partial charge in [-0.15, -0.1) is 0 Å². The van der Waals surface area contributed by atoms with Crippen molar-refractivity contribution < 1.29 is 31.1 Å². The number of rotatable bonds is 4. The standard InChI is InChI=1S/C20H20ClF3N2O4S/c1-12-10-26(11-13(2)30-12)31(28,29)16-6-3-14(4-7-16)19(27)25-15-5-8-18(21)17(9-15)20(22,23)24/h3-9,12-13H,10-11H2,1-2H3,(H,25,27). The van der Waals surface area contributed by atoms with E-state index in [1.165, 1.54) is 34.6 Å². The van der Waals surface area contributed by atoms with Crippen LogP contribution in [0.15, 0.2) is 47.4 Å². The third-order valence-electron chi connectivity index (χ3n) is 4.67. The molecule has 1 fully saturated rings. The molecule has 6 nitrogen and oxygen atoms in total. The average Bonchev–Trinajstić information content (AvgIpc) is 2.68. The van der Waals surface area contributed by atoms with E-state index in [-0.39, 0.29) is 41.4 Å². The highest BCUT2D eigenvalue weighted by Gasteiger charge is 2.34. The van der Waals surface area contributed by atoms with Crippen LogP contribution in [-0.4, -0.2) is 43.9 Å². The number of alkyl halides is 3. The summed E-state index contributed by atoms with van der Waals surface area (Å²) in [6.45, 7) is 4.00. The Morgan fingerprint density at radius 1 is 1.10 bits per heavy atom. The van der Waals surface area contributed by atoms with E-state index in [1.54, 1.807) is 13.8 Å². The van der Waals surface area contributed by atoms with Gasteiger partial charge >= 0.3 is 6.18 Å². The van der Waals surface area contributed by atoms with Crippen LogP contribution >= 0.6 is 11.6 Å². The number of hydrogen-bond acceptors (Lipinski definition) is 4. The number of sulfonamides is 1. The monoisotopic (exact) mass is 476 g/mol. The number of anilines is 1. The van der Waals surface area contributed by atoms with Crippen molar-refractivity contribution in [2.24, 2.45) is 0 Å². The predicted octanol–water partition coefficient (Wildman–Crippen LogP) is 4.41. The minimum absolute atomic E-state index is 0.0104. The van der Waals surface area contributed by atoms with Gasteiger partial charge in [0.25, 0.3) is 5.91 Å². The molecule has 31 heavy (non-hydrogen) atoms. The number of carbonyl (C=O) groups excluding carboxylic acids is 1. The van der Waals surface area contributed by atoms with Crippen LogP contribution < -0.4 is 5.32 Å². The number of nitrogens with zero attached hydrogens (tertiary/aromatic N) is 1. The summed E-state index contributed by atoms with van der Waals surface area (Å²) in [6, 6.07) is 8.21. The summed E-state index contributed by atoms with van der Waals surface area (Å²) in [5.74, 6) is -0.687. The predicted molar refractivity (Wildman–Crippen MR) is 110 cm³/mol. The van der Waals surface area contributed by atoms with Crippen molar-refractivity contribution in [2.75, 3.05) is 18.4 Å². The second-order valence-electron chi connectivity index (χ2n) is 7.25. The zero-order valence-electron chi connectivity index (χ0n) is 16.6.